The van der Waals surface area contributed by atoms with Crippen LogP contribution in [0.15, 0.2) is 12.1 Å². The van der Waals surface area contributed by atoms with E-state index in [0.717, 1.165) is 32.0 Å². The van der Waals surface area contributed by atoms with E-state index >= 15 is 0 Å². The Bertz CT molecular complexity index is 514. The second-order valence-electron chi connectivity index (χ2n) is 4.89. The molecule has 0 atom stereocenters. The molecule has 116 valence electrons. The first kappa shape index (κ1) is 15.6. The van der Waals surface area contributed by atoms with E-state index in [1.54, 1.807) is 0 Å². The van der Waals surface area contributed by atoms with Gasteiger partial charge in [0.05, 0.1) is 12.2 Å². The zero-order valence-electron chi connectivity index (χ0n) is 11.1. The van der Waals surface area contributed by atoms with Gasteiger partial charge in [0.25, 0.3) is 0 Å². The fourth-order valence-electron chi connectivity index (χ4n) is 2.10. The largest absolute Gasteiger partial charge is 0.478 e. The summed E-state index contributed by atoms with van der Waals surface area (Å²) in [4.78, 5) is 14.2. The monoisotopic (exact) mass is 304 g/mol. The Balaban J connectivity index is 2.13. The van der Waals surface area contributed by atoms with Gasteiger partial charge >= 0.3 is 12.1 Å². The maximum absolute atomic E-state index is 12.7. The van der Waals surface area contributed by atoms with Crippen LogP contribution in [0.5, 0.6) is 5.88 Å². The summed E-state index contributed by atoms with van der Waals surface area (Å²) in [5.41, 5.74) is -1.75. The van der Waals surface area contributed by atoms with Gasteiger partial charge in [-0.2, -0.15) is 13.2 Å². The van der Waals surface area contributed by atoms with Crippen LogP contribution >= 0.6 is 0 Å². The minimum atomic E-state index is -4.71. The number of rotatable bonds is 4. The van der Waals surface area contributed by atoms with Crippen LogP contribution in [0.25, 0.3) is 0 Å². The van der Waals surface area contributed by atoms with Crippen LogP contribution < -0.4 is 10.1 Å². The highest BCUT2D eigenvalue weighted by molar-refractivity contribution is 5.88. The van der Waals surface area contributed by atoms with E-state index in [1.165, 1.54) is 0 Å². The van der Waals surface area contributed by atoms with Crippen LogP contribution in [0.1, 0.15) is 28.9 Å². The Hall–Kier alpha value is -1.83. The topological polar surface area (TPSA) is 71.5 Å². The second kappa shape index (κ2) is 6.30. The van der Waals surface area contributed by atoms with E-state index in [1.807, 2.05) is 0 Å². The molecule has 0 aliphatic carbocycles. The lowest BCUT2D eigenvalue weighted by molar-refractivity contribution is -0.141. The van der Waals surface area contributed by atoms with Crippen LogP contribution in [0, 0.1) is 5.92 Å². The first-order valence-electron chi connectivity index (χ1n) is 6.52. The summed E-state index contributed by atoms with van der Waals surface area (Å²) in [6.45, 7) is 1.91. The summed E-state index contributed by atoms with van der Waals surface area (Å²) in [6, 6.07) is 1.51. The van der Waals surface area contributed by atoms with Crippen LogP contribution in [-0.4, -0.2) is 35.8 Å². The molecular weight excluding hydrogens is 289 g/mol. The summed E-state index contributed by atoms with van der Waals surface area (Å²) in [5.74, 6) is -1.52. The lowest BCUT2D eigenvalue weighted by atomic mass is 9.99. The first-order chi connectivity index (χ1) is 9.86. The Morgan fingerprint density at radius 1 is 1.38 bits per heavy atom. The van der Waals surface area contributed by atoms with Crippen molar-refractivity contribution in [1.29, 1.82) is 0 Å². The maximum atomic E-state index is 12.7. The first-order valence-corrected chi connectivity index (χ1v) is 6.52. The average molecular weight is 304 g/mol. The number of nitrogens with one attached hydrogen (secondary N) is 1. The molecule has 0 bridgehead atoms. The van der Waals surface area contributed by atoms with E-state index < -0.39 is 23.4 Å². The van der Waals surface area contributed by atoms with Crippen LogP contribution in [-0.2, 0) is 6.18 Å². The molecule has 0 aromatic carbocycles. The number of halogens is 3. The van der Waals surface area contributed by atoms with Gasteiger partial charge in [-0.25, -0.2) is 9.78 Å². The molecule has 5 nitrogen and oxygen atoms in total. The van der Waals surface area contributed by atoms with E-state index in [-0.39, 0.29) is 18.4 Å². The van der Waals surface area contributed by atoms with Gasteiger partial charge in [-0.1, -0.05) is 0 Å². The number of aromatic carboxylic acids is 1. The molecule has 0 radical (unpaired) electrons. The molecule has 21 heavy (non-hydrogen) atoms. The molecule has 1 aromatic heterocycles. The molecule has 2 N–H and O–H groups in total. The highest BCUT2D eigenvalue weighted by Gasteiger charge is 2.34. The predicted molar refractivity (Wildman–Crippen MR) is 67.3 cm³/mol. The van der Waals surface area contributed by atoms with Crippen molar-refractivity contribution < 1.29 is 27.8 Å². The summed E-state index contributed by atoms with van der Waals surface area (Å²) < 4.78 is 43.3. The third kappa shape index (κ3) is 4.32. The van der Waals surface area contributed by atoms with E-state index in [4.69, 9.17) is 9.84 Å². The molecule has 1 saturated heterocycles. The Kier molecular flexibility index (Phi) is 4.66. The quantitative estimate of drug-likeness (QED) is 0.892. The number of aromatic nitrogens is 1. The number of pyridine rings is 1. The van der Waals surface area contributed by atoms with Crippen molar-refractivity contribution in [3.8, 4) is 5.88 Å². The summed E-state index contributed by atoms with van der Waals surface area (Å²) in [7, 11) is 0. The van der Waals surface area contributed by atoms with Gasteiger partial charge in [0.1, 0.15) is 5.69 Å². The molecule has 0 unspecified atom stereocenters. The third-order valence-electron chi connectivity index (χ3n) is 3.26. The zero-order chi connectivity index (χ0) is 15.5. The van der Waals surface area contributed by atoms with Gasteiger partial charge < -0.3 is 15.2 Å². The number of alkyl halides is 3. The van der Waals surface area contributed by atoms with Gasteiger partial charge in [0.15, 0.2) is 0 Å². The normalized spacial score (nSPS) is 16.7. The fraction of sp³-hybridized carbons (Fsp3) is 0.538. The smallest absolute Gasteiger partial charge is 0.433 e. The van der Waals surface area contributed by atoms with Gasteiger partial charge in [0.2, 0.25) is 5.88 Å². The lowest BCUT2D eigenvalue weighted by Gasteiger charge is -2.22. The molecule has 0 saturated carbocycles. The molecule has 0 amide bonds. The van der Waals surface area contributed by atoms with Crippen molar-refractivity contribution in [3.63, 3.8) is 0 Å². The van der Waals surface area contributed by atoms with Crippen LogP contribution in [0.4, 0.5) is 13.2 Å². The zero-order valence-corrected chi connectivity index (χ0v) is 11.1. The van der Waals surface area contributed by atoms with E-state index in [0.29, 0.717) is 6.07 Å². The predicted octanol–water partition coefficient (Wildman–Crippen LogP) is 2.18. The van der Waals surface area contributed by atoms with E-state index in [2.05, 4.69) is 10.3 Å². The molecule has 2 heterocycles. The Morgan fingerprint density at radius 3 is 2.62 bits per heavy atom. The van der Waals surface area contributed by atoms with Gasteiger partial charge in [-0.05, 0) is 37.9 Å². The van der Waals surface area contributed by atoms with Crippen molar-refractivity contribution in [2.75, 3.05) is 19.7 Å². The molecule has 1 aliphatic rings. The van der Waals surface area contributed by atoms with Crippen molar-refractivity contribution in [2.24, 2.45) is 5.92 Å². The molecule has 1 aliphatic heterocycles. The number of piperidine rings is 1. The highest BCUT2D eigenvalue weighted by atomic mass is 19.4. The Labute approximate surface area is 119 Å². The molecule has 1 fully saturated rings. The number of carboxylic acid groups (broad SMARTS) is 1. The van der Waals surface area contributed by atoms with Crippen molar-refractivity contribution in [2.45, 2.75) is 19.0 Å². The van der Waals surface area contributed by atoms with Crippen LogP contribution in [0.2, 0.25) is 0 Å². The molecule has 0 spiro atoms. The number of nitrogens with zero attached hydrogens (tertiary/aromatic N) is 1. The standard InChI is InChI=1S/C13H15F3N2O3/c14-13(15,16)10-5-9(12(19)20)6-11(18-10)21-7-8-1-3-17-4-2-8/h5-6,8,17H,1-4,7H2,(H,19,20). The van der Waals surface area contributed by atoms with Gasteiger partial charge in [-0.15, -0.1) is 0 Å². The maximum Gasteiger partial charge on any atom is 0.433 e. The Morgan fingerprint density at radius 2 is 2.05 bits per heavy atom. The van der Waals surface area contributed by atoms with E-state index in [9.17, 15) is 18.0 Å². The fourth-order valence-corrected chi connectivity index (χ4v) is 2.10. The van der Waals surface area contributed by atoms with Crippen LogP contribution in [0.3, 0.4) is 0 Å². The number of carbonyl (C=O) groups is 1. The van der Waals surface area contributed by atoms with Gasteiger partial charge in [0, 0.05) is 6.07 Å². The summed E-state index contributed by atoms with van der Waals surface area (Å²) in [5, 5.41) is 12.0. The third-order valence-corrected chi connectivity index (χ3v) is 3.26. The second-order valence-corrected chi connectivity index (χ2v) is 4.89. The van der Waals surface area contributed by atoms with Crippen molar-refractivity contribution in [1.82, 2.24) is 10.3 Å². The van der Waals surface area contributed by atoms with Crippen molar-refractivity contribution in [3.05, 3.63) is 23.4 Å². The minimum Gasteiger partial charge on any atom is -0.478 e. The molecule has 2 rings (SSSR count). The highest BCUT2D eigenvalue weighted by Crippen LogP contribution is 2.30. The summed E-state index contributed by atoms with van der Waals surface area (Å²) >= 11 is 0. The number of hydrogen-bond acceptors (Lipinski definition) is 4. The SMILES string of the molecule is O=C(O)c1cc(OCC2CCNCC2)nc(C(F)(F)F)c1. The lowest BCUT2D eigenvalue weighted by Crippen LogP contribution is -2.30. The average Bonchev–Trinajstić information content (AvgIpc) is 2.45. The number of carboxylic acids is 1. The number of hydrogen-bond donors (Lipinski definition) is 2. The number of ether oxygens (including phenoxy) is 1. The van der Waals surface area contributed by atoms with Crippen molar-refractivity contribution >= 4 is 5.97 Å². The molecule has 8 heteroatoms. The van der Waals surface area contributed by atoms with Gasteiger partial charge in [-0.3, -0.25) is 0 Å². The minimum absolute atomic E-state index is 0.231. The molecular formula is C13H15F3N2O3. The summed E-state index contributed by atoms with van der Waals surface area (Å²) in [6.07, 6.45) is -2.98. The molecule has 1 aromatic rings.